The van der Waals surface area contributed by atoms with Crippen LogP contribution in [-0.2, 0) is 4.79 Å². The van der Waals surface area contributed by atoms with Crippen LogP contribution in [0.5, 0.6) is 0 Å². The normalized spacial score (nSPS) is 14.5. The highest BCUT2D eigenvalue weighted by atomic mass is 16.1. The van der Waals surface area contributed by atoms with Gasteiger partial charge in [0.25, 0.3) is 0 Å². The van der Waals surface area contributed by atoms with Gasteiger partial charge in [0.2, 0.25) is 5.91 Å². The van der Waals surface area contributed by atoms with Gasteiger partial charge in [0.1, 0.15) is 0 Å². The second-order valence-electron chi connectivity index (χ2n) is 3.76. The largest absolute Gasteiger partial charge is 0.370 e. The van der Waals surface area contributed by atoms with E-state index in [1.807, 2.05) is 25.2 Å². The van der Waals surface area contributed by atoms with Crippen LogP contribution < -0.4 is 11.1 Å². The summed E-state index contributed by atoms with van der Waals surface area (Å²) in [5, 5.41) is 3.13. The number of carbonyl (C=O) groups is 1. The molecule has 2 unspecified atom stereocenters. The Bertz CT molecular complexity index is 311. The van der Waals surface area contributed by atoms with Crippen molar-refractivity contribution < 1.29 is 4.79 Å². The van der Waals surface area contributed by atoms with Crippen molar-refractivity contribution in [2.75, 3.05) is 7.05 Å². The number of primary amides is 1. The Morgan fingerprint density at radius 3 is 2.47 bits per heavy atom. The van der Waals surface area contributed by atoms with Crippen molar-refractivity contribution >= 4 is 5.91 Å². The van der Waals surface area contributed by atoms with E-state index in [-0.39, 0.29) is 17.9 Å². The molecule has 0 radical (unpaired) electrons. The molecule has 1 amide bonds. The van der Waals surface area contributed by atoms with Gasteiger partial charge in [0, 0.05) is 12.5 Å². The maximum atomic E-state index is 10.9. The van der Waals surface area contributed by atoms with Crippen molar-refractivity contribution in [2.24, 2.45) is 5.73 Å². The molecule has 3 N–H and O–H groups in total. The van der Waals surface area contributed by atoms with Crippen molar-refractivity contribution in [1.82, 2.24) is 5.32 Å². The lowest BCUT2D eigenvalue weighted by molar-refractivity contribution is -0.118. The van der Waals surface area contributed by atoms with E-state index in [0.717, 1.165) is 0 Å². The Kier molecular flexibility index (Phi) is 4.31. The van der Waals surface area contributed by atoms with E-state index >= 15 is 0 Å². The molecule has 3 heteroatoms. The number of nitrogens with two attached hydrogens (primary N) is 1. The predicted molar refractivity (Wildman–Crippen MR) is 61.5 cm³/mol. The van der Waals surface area contributed by atoms with Crippen LogP contribution in [0.2, 0.25) is 0 Å². The fourth-order valence-electron chi connectivity index (χ4n) is 1.73. The third kappa shape index (κ3) is 3.36. The first-order chi connectivity index (χ1) is 7.15. The first kappa shape index (κ1) is 11.7. The molecule has 15 heavy (non-hydrogen) atoms. The van der Waals surface area contributed by atoms with Crippen LogP contribution in [0.25, 0.3) is 0 Å². The number of likely N-dealkylation sites (N-methyl/N-ethyl adjacent to an activating group) is 1. The summed E-state index contributed by atoms with van der Waals surface area (Å²) in [6.07, 6.45) is 0.368. The monoisotopic (exact) mass is 206 g/mol. The number of hydrogen-bond donors (Lipinski definition) is 2. The summed E-state index contributed by atoms with van der Waals surface area (Å²) in [6.45, 7) is 2.10. The highest BCUT2D eigenvalue weighted by Crippen LogP contribution is 2.20. The van der Waals surface area contributed by atoms with Gasteiger partial charge < -0.3 is 11.1 Å². The number of hydrogen-bond acceptors (Lipinski definition) is 2. The first-order valence-electron chi connectivity index (χ1n) is 5.15. The average molecular weight is 206 g/mol. The van der Waals surface area contributed by atoms with E-state index < -0.39 is 0 Å². The van der Waals surface area contributed by atoms with E-state index in [9.17, 15) is 4.79 Å². The summed E-state index contributed by atoms with van der Waals surface area (Å²) in [5.41, 5.74) is 6.43. The second-order valence-corrected chi connectivity index (χ2v) is 3.76. The lowest BCUT2D eigenvalue weighted by atomic mass is 9.91. The first-order valence-corrected chi connectivity index (χ1v) is 5.15. The van der Waals surface area contributed by atoms with E-state index in [2.05, 4.69) is 24.4 Å². The number of amides is 1. The summed E-state index contributed by atoms with van der Waals surface area (Å²) in [5.74, 6) is 0.0147. The number of benzene rings is 1. The lowest BCUT2D eigenvalue weighted by Gasteiger charge is -2.22. The molecule has 0 saturated heterocycles. The molecule has 0 fully saturated rings. The highest BCUT2D eigenvalue weighted by Gasteiger charge is 2.18. The van der Waals surface area contributed by atoms with Gasteiger partial charge in [-0.15, -0.1) is 0 Å². The molecule has 1 rings (SSSR count). The maximum absolute atomic E-state index is 10.9. The van der Waals surface area contributed by atoms with Gasteiger partial charge in [-0.3, -0.25) is 4.79 Å². The molecular formula is C12H18N2O. The minimum absolute atomic E-state index is 0.102. The zero-order chi connectivity index (χ0) is 11.3. The third-order valence-electron chi connectivity index (χ3n) is 2.72. The number of nitrogens with one attached hydrogen (secondary N) is 1. The third-order valence-corrected chi connectivity index (χ3v) is 2.72. The highest BCUT2D eigenvalue weighted by molar-refractivity contribution is 5.74. The van der Waals surface area contributed by atoms with Crippen molar-refractivity contribution in [1.29, 1.82) is 0 Å². The lowest BCUT2D eigenvalue weighted by Crippen LogP contribution is -2.35. The van der Waals surface area contributed by atoms with Crippen molar-refractivity contribution in [3.05, 3.63) is 35.9 Å². The Hall–Kier alpha value is -1.35. The van der Waals surface area contributed by atoms with E-state index in [0.29, 0.717) is 6.42 Å². The summed E-state index contributed by atoms with van der Waals surface area (Å²) in [6, 6.07) is 10.2. The smallest absolute Gasteiger partial charge is 0.219 e. The van der Waals surface area contributed by atoms with Crippen LogP contribution in [0.4, 0.5) is 0 Å². The SMILES string of the molecule is CNC(CC(N)=O)C(C)c1ccccc1. The predicted octanol–water partition coefficient (Wildman–Crippen LogP) is 1.25. The van der Waals surface area contributed by atoms with E-state index in [1.54, 1.807) is 0 Å². The van der Waals surface area contributed by atoms with E-state index in [1.165, 1.54) is 5.56 Å². The summed E-state index contributed by atoms with van der Waals surface area (Å²) in [4.78, 5) is 10.9. The molecule has 0 heterocycles. The maximum Gasteiger partial charge on any atom is 0.219 e. The van der Waals surface area contributed by atoms with Gasteiger partial charge in [-0.05, 0) is 18.5 Å². The molecule has 0 aliphatic heterocycles. The Morgan fingerprint density at radius 1 is 1.40 bits per heavy atom. The van der Waals surface area contributed by atoms with E-state index in [4.69, 9.17) is 5.73 Å². The number of rotatable bonds is 5. The van der Waals surface area contributed by atoms with Crippen LogP contribution in [0.1, 0.15) is 24.8 Å². The van der Waals surface area contributed by atoms with Gasteiger partial charge in [0.05, 0.1) is 0 Å². The van der Waals surface area contributed by atoms with Gasteiger partial charge in [-0.1, -0.05) is 37.3 Å². The molecule has 1 aromatic rings. The van der Waals surface area contributed by atoms with Gasteiger partial charge >= 0.3 is 0 Å². The molecule has 0 aromatic heterocycles. The quantitative estimate of drug-likeness (QED) is 0.762. The summed E-state index contributed by atoms with van der Waals surface area (Å²) < 4.78 is 0. The fraction of sp³-hybridized carbons (Fsp3) is 0.417. The van der Waals surface area contributed by atoms with Crippen LogP contribution in [-0.4, -0.2) is 19.0 Å². The van der Waals surface area contributed by atoms with Gasteiger partial charge in [0.15, 0.2) is 0 Å². The fourth-order valence-corrected chi connectivity index (χ4v) is 1.73. The topological polar surface area (TPSA) is 55.1 Å². The standard InChI is InChI=1S/C12H18N2O/c1-9(10-6-4-3-5-7-10)11(14-2)8-12(13)15/h3-7,9,11,14H,8H2,1-2H3,(H2,13,15). The molecule has 1 aromatic carbocycles. The molecule has 0 aliphatic carbocycles. The van der Waals surface area contributed by atoms with Crippen LogP contribution in [0.3, 0.4) is 0 Å². The van der Waals surface area contributed by atoms with Crippen molar-refractivity contribution in [2.45, 2.75) is 25.3 Å². The summed E-state index contributed by atoms with van der Waals surface area (Å²) in [7, 11) is 1.85. The Morgan fingerprint density at radius 2 is 2.00 bits per heavy atom. The van der Waals surface area contributed by atoms with Crippen molar-refractivity contribution in [3.8, 4) is 0 Å². The van der Waals surface area contributed by atoms with Crippen LogP contribution >= 0.6 is 0 Å². The second kappa shape index (κ2) is 5.51. The minimum Gasteiger partial charge on any atom is -0.370 e. The Balaban J connectivity index is 2.73. The molecule has 82 valence electrons. The zero-order valence-corrected chi connectivity index (χ0v) is 9.23. The molecular weight excluding hydrogens is 188 g/mol. The van der Waals surface area contributed by atoms with Gasteiger partial charge in [-0.2, -0.15) is 0 Å². The Labute approximate surface area is 90.7 Å². The molecule has 3 nitrogen and oxygen atoms in total. The van der Waals surface area contributed by atoms with Crippen LogP contribution in [0.15, 0.2) is 30.3 Å². The average Bonchev–Trinajstić information content (AvgIpc) is 2.26. The molecule has 2 atom stereocenters. The number of carbonyl (C=O) groups excluding carboxylic acids is 1. The van der Waals surface area contributed by atoms with Crippen LogP contribution in [0, 0.1) is 0 Å². The molecule has 0 saturated carbocycles. The van der Waals surface area contributed by atoms with Crippen molar-refractivity contribution in [3.63, 3.8) is 0 Å². The summed E-state index contributed by atoms with van der Waals surface area (Å²) >= 11 is 0. The molecule has 0 aliphatic rings. The van der Waals surface area contributed by atoms with Gasteiger partial charge in [-0.25, -0.2) is 0 Å². The minimum atomic E-state index is -0.267. The molecule has 0 spiro atoms. The zero-order valence-electron chi connectivity index (χ0n) is 9.23. The molecule has 0 bridgehead atoms.